The lowest BCUT2D eigenvalue weighted by Gasteiger charge is -2.19. The molecule has 2 heteroatoms. The van der Waals surface area contributed by atoms with Gasteiger partial charge in [-0.25, -0.2) is 0 Å². The van der Waals surface area contributed by atoms with Crippen molar-refractivity contribution < 1.29 is 0 Å². The van der Waals surface area contributed by atoms with Crippen molar-refractivity contribution in [2.45, 2.75) is 18.6 Å². The molecule has 0 fully saturated rings. The van der Waals surface area contributed by atoms with Crippen LogP contribution in [0.5, 0.6) is 0 Å². The highest BCUT2D eigenvalue weighted by atomic mass is 32.2. The van der Waals surface area contributed by atoms with Crippen molar-refractivity contribution in [1.29, 1.82) is 0 Å². The fourth-order valence-corrected chi connectivity index (χ4v) is 2.13. The monoisotopic (exact) mass is 172 g/mol. The zero-order valence-electron chi connectivity index (χ0n) is 6.55. The molecule has 0 aliphatic heterocycles. The molecule has 0 atom stereocenters. The second kappa shape index (κ2) is 2.97. The van der Waals surface area contributed by atoms with E-state index in [-0.39, 0.29) is 0 Å². The van der Waals surface area contributed by atoms with E-state index in [0.29, 0.717) is 4.75 Å². The van der Waals surface area contributed by atoms with Gasteiger partial charge >= 0.3 is 0 Å². The highest BCUT2D eigenvalue weighted by Crippen LogP contribution is 2.35. The van der Waals surface area contributed by atoms with E-state index in [0.717, 1.165) is 0 Å². The molecule has 10 heavy (non-hydrogen) atoms. The SMILES string of the molecule is CSC(C)(C)c1cccs1. The van der Waals surface area contributed by atoms with Crippen LogP contribution in [0.1, 0.15) is 18.7 Å². The topological polar surface area (TPSA) is 0 Å². The third kappa shape index (κ3) is 1.55. The molecule has 1 heterocycles. The summed E-state index contributed by atoms with van der Waals surface area (Å²) in [6.07, 6.45) is 2.15. The molecular formula is C8H12S2. The van der Waals surface area contributed by atoms with E-state index in [2.05, 4.69) is 37.6 Å². The molecule has 0 unspecified atom stereocenters. The lowest BCUT2D eigenvalue weighted by Crippen LogP contribution is -2.07. The van der Waals surface area contributed by atoms with Crippen LogP contribution in [-0.2, 0) is 4.75 Å². The van der Waals surface area contributed by atoms with Gasteiger partial charge in [-0.2, -0.15) is 11.8 Å². The lowest BCUT2D eigenvalue weighted by molar-refractivity contribution is 0.805. The summed E-state index contributed by atoms with van der Waals surface area (Å²) in [7, 11) is 0. The lowest BCUT2D eigenvalue weighted by atomic mass is 10.2. The van der Waals surface area contributed by atoms with Crippen molar-refractivity contribution in [3.63, 3.8) is 0 Å². The minimum Gasteiger partial charge on any atom is -0.154 e. The van der Waals surface area contributed by atoms with E-state index in [4.69, 9.17) is 0 Å². The number of thioether (sulfide) groups is 1. The second-order valence-electron chi connectivity index (χ2n) is 2.69. The Morgan fingerprint density at radius 2 is 2.20 bits per heavy atom. The Kier molecular flexibility index (Phi) is 2.42. The summed E-state index contributed by atoms with van der Waals surface area (Å²) in [5, 5.41) is 2.13. The molecule has 1 aromatic heterocycles. The van der Waals surface area contributed by atoms with Crippen molar-refractivity contribution in [3.05, 3.63) is 22.4 Å². The van der Waals surface area contributed by atoms with E-state index in [9.17, 15) is 0 Å². The number of rotatable bonds is 2. The Hall–Kier alpha value is 0.0500. The van der Waals surface area contributed by atoms with Crippen LogP contribution in [0.15, 0.2) is 17.5 Å². The van der Waals surface area contributed by atoms with Gasteiger partial charge in [0.15, 0.2) is 0 Å². The highest BCUT2D eigenvalue weighted by molar-refractivity contribution is 7.99. The standard InChI is InChI=1S/C8H12S2/c1-8(2,9-3)7-5-4-6-10-7/h4-6H,1-3H3. The van der Waals surface area contributed by atoms with Crippen LogP contribution in [0.3, 0.4) is 0 Å². The molecule has 0 saturated heterocycles. The fourth-order valence-electron chi connectivity index (χ4n) is 0.722. The Balaban J connectivity index is 2.85. The van der Waals surface area contributed by atoms with Crippen LogP contribution in [0.4, 0.5) is 0 Å². The first-order valence-corrected chi connectivity index (χ1v) is 5.36. The molecule has 0 radical (unpaired) electrons. The van der Waals surface area contributed by atoms with Gasteiger partial charge in [0.25, 0.3) is 0 Å². The molecule has 0 aliphatic rings. The van der Waals surface area contributed by atoms with E-state index in [1.54, 1.807) is 0 Å². The summed E-state index contributed by atoms with van der Waals surface area (Å²) in [6.45, 7) is 4.51. The molecule has 0 bridgehead atoms. The van der Waals surface area contributed by atoms with E-state index < -0.39 is 0 Å². The van der Waals surface area contributed by atoms with Crippen molar-refractivity contribution >= 4 is 23.1 Å². The molecule has 0 N–H and O–H groups in total. The van der Waals surface area contributed by atoms with Crippen molar-refractivity contribution in [1.82, 2.24) is 0 Å². The average Bonchev–Trinajstić information content (AvgIpc) is 2.38. The molecule has 0 spiro atoms. The van der Waals surface area contributed by atoms with Crippen LogP contribution in [0.25, 0.3) is 0 Å². The number of hydrogen-bond donors (Lipinski definition) is 0. The Morgan fingerprint density at radius 3 is 2.60 bits per heavy atom. The summed E-state index contributed by atoms with van der Waals surface area (Å²) < 4.78 is 0.300. The predicted molar refractivity (Wildman–Crippen MR) is 50.9 cm³/mol. The normalized spacial score (nSPS) is 11.9. The Labute approximate surface area is 70.7 Å². The molecule has 1 rings (SSSR count). The fraction of sp³-hybridized carbons (Fsp3) is 0.500. The predicted octanol–water partition coefficient (Wildman–Crippen LogP) is 3.35. The van der Waals surface area contributed by atoms with Gasteiger partial charge in [0, 0.05) is 9.62 Å². The summed E-state index contributed by atoms with van der Waals surface area (Å²) in [5.74, 6) is 0. The van der Waals surface area contributed by atoms with Gasteiger partial charge in [0.05, 0.1) is 0 Å². The average molecular weight is 172 g/mol. The maximum Gasteiger partial charge on any atom is 0.0442 e. The molecule has 1 aromatic rings. The first kappa shape index (κ1) is 8.15. The van der Waals surface area contributed by atoms with Crippen LogP contribution in [0.2, 0.25) is 0 Å². The van der Waals surface area contributed by atoms with Crippen LogP contribution in [0, 0.1) is 0 Å². The van der Waals surface area contributed by atoms with Gasteiger partial charge in [0.1, 0.15) is 0 Å². The first-order valence-electron chi connectivity index (χ1n) is 3.26. The Bertz CT molecular complexity index is 187. The molecule has 0 saturated carbocycles. The van der Waals surface area contributed by atoms with Gasteiger partial charge in [-0.1, -0.05) is 6.07 Å². The van der Waals surface area contributed by atoms with E-state index in [1.807, 2.05) is 23.1 Å². The van der Waals surface area contributed by atoms with Gasteiger partial charge in [0.2, 0.25) is 0 Å². The van der Waals surface area contributed by atoms with Crippen LogP contribution in [-0.4, -0.2) is 6.26 Å². The zero-order chi connectivity index (χ0) is 7.61. The summed E-state index contributed by atoms with van der Waals surface area (Å²) >= 11 is 3.73. The second-order valence-corrected chi connectivity index (χ2v) is 5.07. The van der Waals surface area contributed by atoms with Gasteiger partial charge in [-0.3, -0.25) is 0 Å². The maximum absolute atomic E-state index is 2.25. The maximum atomic E-state index is 2.25. The molecule has 0 amide bonds. The smallest absolute Gasteiger partial charge is 0.0442 e. The van der Waals surface area contributed by atoms with Crippen molar-refractivity contribution in [2.75, 3.05) is 6.26 Å². The van der Waals surface area contributed by atoms with Crippen LogP contribution >= 0.6 is 23.1 Å². The van der Waals surface area contributed by atoms with Gasteiger partial charge in [-0.05, 0) is 31.5 Å². The van der Waals surface area contributed by atoms with Gasteiger partial charge < -0.3 is 0 Å². The molecule has 0 aromatic carbocycles. The Morgan fingerprint density at radius 1 is 1.50 bits per heavy atom. The first-order chi connectivity index (χ1) is 4.67. The number of thiophene rings is 1. The van der Waals surface area contributed by atoms with Crippen molar-refractivity contribution in [2.24, 2.45) is 0 Å². The minimum atomic E-state index is 0.300. The van der Waals surface area contributed by atoms with Crippen molar-refractivity contribution in [3.8, 4) is 0 Å². The highest BCUT2D eigenvalue weighted by Gasteiger charge is 2.18. The van der Waals surface area contributed by atoms with Crippen LogP contribution < -0.4 is 0 Å². The van der Waals surface area contributed by atoms with Gasteiger partial charge in [-0.15, -0.1) is 11.3 Å². The number of hydrogen-bond acceptors (Lipinski definition) is 2. The third-order valence-electron chi connectivity index (χ3n) is 1.62. The quantitative estimate of drug-likeness (QED) is 0.659. The summed E-state index contributed by atoms with van der Waals surface area (Å²) in [4.78, 5) is 1.46. The third-order valence-corrected chi connectivity index (χ3v) is 4.19. The molecular weight excluding hydrogens is 160 g/mol. The zero-order valence-corrected chi connectivity index (χ0v) is 8.18. The minimum absolute atomic E-state index is 0.300. The van der Waals surface area contributed by atoms with E-state index in [1.165, 1.54) is 4.88 Å². The molecule has 0 nitrogen and oxygen atoms in total. The summed E-state index contributed by atoms with van der Waals surface area (Å²) in [6, 6.07) is 4.30. The molecule has 56 valence electrons. The van der Waals surface area contributed by atoms with E-state index >= 15 is 0 Å². The molecule has 0 aliphatic carbocycles. The largest absolute Gasteiger partial charge is 0.154 e. The summed E-state index contributed by atoms with van der Waals surface area (Å²) in [5.41, 5.74) is 0.